The molecule has 17 N–H and O–H groups in total. The van der Waals surface area contributed by atoms with E-state index in [2.05, 4.69) is 68.8 Å². The highest BCUT2D eigenvalue weighted by Crippen LogP contribution is 2.33. The first kappa shape index (κ1) is 73.5. The maximum Gasteiger partial charge on any atom is 0.315 e. The molecule has 5 heterocycles. The van der Waals surface area contributed by atoms with Gasteiger partial charge in [-0.3, -0.25) is 53.2 Å². The van der Waals surface area contributed by atoms with Crippen LogP contribution in [0.25, 0.3) is 10.9 Å². The summed E-state index contributed by atoms with van der Waals surface area (Å²) in [5, 5.41) is 57.6. The summed E-state index contributed by atoms with van der Waals surface area (Å²) in [6.45, 7) is 1.43. The molecule has 2 aromatic heterocycles. The maximum absolute atomic E-state index is 14.8. The van der Waals surface area contributed by atoms with Gasteiger partial charge >= 0.3 is 6.03 Å². The second-order valence-electron chi connectivity index (χ2n) is 23.6. The number of carbonyl (C=O) groups excluding carboxylic acids is 10. The molecule has 0 spiro atoms. The number of fused-ring (bicyclic) bond motifs is 4. The number of rotatable bonds is 27. The van der Waals surface area contributed by atoms with Gasteiger partial charge in [-0.15, -0.1) is 5.10 Å². The van der Waals surface area contributed by atoms with Gasteiger partial charge in [-0.2, -0.15) is 11.8 Å². The lowest BCUT2D eigenvalue weighted by atomic mass is 10.0. The van der Waals surface area contributed by atoms with Gasteiger partial charge in [-0.05, 0) is 69.1 Å². The van der Waals surface area contributed by atoms with Crippen LogP contribution in [-0.4, -0.2) is 215 Å². The predicted octanol–water partition coefficient (Wildman–Crippen LogP) is -2.97. The SMILES string of the molecule is C[C@H]1NC(=O)[C@@H](NC(=O)COCCOCCOCCNC(=O)CCCCC2SC[C@@H]3NC(=O)N[C@H]23)Cc2cn(nn2)CCCC[C@@H](C(N)=O)NC(=O)[C@@H](CO)NC(=O)[C@H](Cc2cn(C)c3ccccc23)NC(=O)[C@@H](Cc2ccccc2)NC(=O)[C@@H](CCCNC(=N)N)NC1=O. The Morgan fingerprint density at radius 1 is 0.695 bits per heavy atom. The highest BCUT2D eigenvalue weighted by Gasteiger charge is 2.43. The van der Waals surface area contributed by atoms with E-state index in [1.54, 1.807) is 36.5 Å². The van der Waals surface area contributed by atoms with E-state index in [1.165, 1.54) is 17.8 Å². The zero-order chi connectivity index (χ0) is 68.2. The van der Waals surface area contributed by atoms with Gasteiger partial charge in [-0.25, -0.2) is 4.79 Å². The molecule has 2 bridgehead atoms. The molecule has 2 aromatic carbocycles. The fourth-order valence-electron chi connectivity index (χ4n) is 11.2. The zero-order valence-corrected chi connectivity index (χ0v) is 54.3. The van der Waals surface area contributed by atoms with Crippen molar-refractivity contribution in [1.82, 2.24) is 78.0 Å². The Bertz CT molecular complexity index is 3260. The largest absolute Gasteiger partial charge is 0.394 e. The van der Waals surface area contributed by atoms with Gasteiger partial charge < -0.3 is 93.8 Å². The van der Waals surface area contributed by atoms with Crippen LogP contribution in [-0.2, 0) is 90.2 Å². The third-order valence-electron chi connectivity index (χ3n) is 16.2. The molecule has 7 rings (SSSR count). The summed E-state index contributed by atoms with van der Waals surface area (Å²) < 4.78 is 20.0. The van der Waals surface area contributed by atoms with Crippen LogP contribution in [0.1, 0.15) is 81.5 Å². The Labute approximate surface area is 553 Å². The number of carbonyl (C=O) groups is 10. The number of amides is 11. The number of hydrogen-bond acceptors (Lipinski definition) is 18. The molecule has 32 nitrogen and oxygen atoms in total. The van der Waals surface area contributed by atoms with Crippen molar-refractivity contribution in [3.05, 3.63) is 83.8 Å². The summed E-state index contributed by atoms with van der Waals surface area (Å²) in [6, 6.07) is 6.37. The molecular formula is C62H90N18O14S. The molecule has 2 fully saturated rings. The van der Waals surface area contributed by atoms with E-state index in [-0.39, 0.29) is 120 Å². The molecule has 33 heteroatoms. The third kappa shape index (κ3) is 23.8. The van der Waals surface area contributed by atoms with Gasteiger partial charge in [0.25, 0.3) is 0 Å². The van der Waals surface area contributed by atoms with Crippen molar-refractivity contribution in [2.75, 3.05) is 65.1 Å². The first-order valence-electron chi connectivity index (χ1n) is 32.0. The Morgan fingerprint density at radius 2 is 1.37 bits per heavy atom. The predicted molar refractivity (Wildman–Crippen MR) is 348 cm³/mol. The second-order valence-corrected chi connectivity index (χ2v) is 24.8. The number of aromatic nitrogens is 4. The smallest absolute Gasteiger partial charge is 0.315 e. The van der Waals surface area contributed by atoms with E-state index in [0.717, 1.165) is 35.9 Å². The molecule has 2 saturated heterocycles. The Balaban J connectivity index is 0.994. The average Bonchev–Trinajstić information content (AvgIpc) is 1.70. The zero-order valence-electron chi connectivity index (χ0n) is 53.5. The van der Waals surface area contributed by atoms with Gasteiger partial charge in [0.2, 0.25) is 53.2 Å². The number of guanidine groups is 1. The number of nitrogens with two attached hydrogens (primary N) is 2. The number of ether oxygens (including phenoxy) is 3. The van der Waals surface area contributed by atoms with E-state index in [9.17, 15) is 53.1 Å². The summed E-state index contributed by atoms with van der Waals surface area (Å²) in [5.41, 5.74) is 13.6. The van der Waals surface area contributed by atoms with Crippen LogP contribution in [0.5, 0.6) is 0 Å². The number of aliphatic hydroxyl groups is 1. The Hall–Kier alpha value is -8.92. The average molecular weight is 1340 g/mol. The number of nitrogens with one attached hydrogen (secondary N) is 12. The van der Waals surface area contributed by atoms with Gasteiger partial charge in [0.15, 0.2) is 5.96 Å². The first-order chi connectivity index (χ1) is 45.7. The number of nitrogens with zero attached hydrogens (tertiary/aromatic N) is 4. The molecule has 0 saturated carbocycles. The van der Waals surface area contributed by atoms with Crippen molar-refractivity contribution in [3.8, 4) is 0 Å². The lowest BCUT2D eigenvalue weighted by Gasteiger charge is -2.27. The van der Waals surface area contributed by atoms with Gasteiger partial charge in [0, 0.05) is 86.7 Å². The fraction of sp³-hybridized carbons (Fsp3) is 0.565. The van der Waals surface area contributed by atoms with Crippen LogP contribution in [0.15, 0.2) is 67.0 Å². The van der Waals surface area contributed by atoms with Crippen LogP contribution in [0.3, 0.4) is 0 Å². The summed E-state index contributed by atoms with van der Waals surface area (Å²) in [4.78, 5) is 136. The standard InChI is InChI=1S/C62H90N18O14S/c1-37-55(85)71-43(17-12-21-67-61(64)65)56(86)72-44(29-38-13-4-3-5-14-38)58(88)73-45(30-39-32-79(2)49-18-7-6-15-41(39)49)59(89)74-47(34-81)60(90)70-42(54(63)84)16-10-11-23-80-33-40(77-78-80)31-46(57(87)68-37)69-52(83)35-94-28-27-93-26-25-92-24-22-66-51(82)20-9-8-19-50-53-48(36-95-50)75-62(91)76-53/h3-7,13-15,18,32-33,37,42-48,50,53,81H,8-12,16-17,19-31,34-36H2,1-2H3,(H2,63,84)(H,66,82)(H,68,87)(H,69,83)(H,70,90)(H,71,85)(H,72,86)(H,73,88)(H,74,89)(H4,64,65,67)(H2,75,76,91)/t37-,42+,43-,44-,45+,46+,47-,48+,50?,53+/m1/s1. The summed E-state index contributed by atoms with van der Waals surface area (Å²) >= 11 is 1.85. The minimum atomic E-state index is -1.63. The van der Waals surface area contributed by atoms with Crippen molar-refractivity contribution in [3.63, 3.8) is 0 Å². The lowest BCUT2D eigenvalue weighted by Crippen LogP contribution is -2.61. The normalized spacial score (nSPS) is 23.5. The van der Waals surface area contributed by atoms with Crippen molar-refractivity contribution < 1.29 is 67.3 Å². The fourth-order valence-corrected chi connectivity index (χ4v) is 12.7. The molecule has 3 aliphatic heterocycles. The number of unbranched alkanes of at least 4 members (excludes halogenated alkanes) is 1. The molecule has 3 aliphatic rings. The van der Waals surface area contributed by atoms with Crippen LogP contribution < -0.4 is 70.0 Å². The highest BCUT2D eigenvalue weighted by molar-refractivity contribution is 8.00. The van der Waals surface area contributed by atoms with E-state index in [0.29, 0.717) is 42.2 Å². The number of primary amides is 1. The molecule has 11 amide bonds. The molecule has 95 heavy (non-hydrogen) atoms. The lowest BCUT2D eigenvalue weighted by molar-refractivity contribution is -0.136. The van der Waals surface area contributed by atoms with Crippen molar-refractivity contribution in [2.24, 2.45) is 18.5 Å². The highest BCUT2D eigenvalue weighted by atomic mass is 32.2. The number of benzene rings is 2. The number of urea groups is 1. The van der Waals surface area contributed by atoms with Crippen molar-refractivity contribution >= 4 is 87.8 Å². The number of hydrogen-bond donors (Lipinski definition) is 15. The first-order valence-corrected chi connectivity index (χ1v) is 33.0. The van der Waals surface area contributed by atoms with E-state index in [4.69, 9.17) is 31.1 Å². The maximum atomic E-state index is 14.8. The van der Waals surface area contributed by atoms with E-state index < -0.39 is 103 Å². The van der Waals surface area contributed by atoms with E-state index >= 15 is 0 Å². The summed E-state index contributed by atoms with van der Waals surface area (Å²) in [7, 11) is 1.81. The number of aliphatic hydroxyl groups excluding tert-OH is 1. The molecule has 1 unspecified atom stereocenters. The molecule has 10 atom stereocenters. The number of para-hydroxylation sites is 1. The van der Waals surface area contributed by atoms with Gasteiger partial charge in [0.05, 0.1) is 57.4 Å². The monoisotopic (exact) mass is 1340 g/mol. The quantitative estimate of drug-likeness (QED) is 0.0123. The minimum Gasteiger partial charge on any atom is -0.394 e. The van der Waals surface area contributed by atoms with Crippen LogP contribution in [0.4, 0.5) is 4.79 Å². The molecular weight excluding hydrogens is 1250 g/mol. The van der Waals surface area contributed by atoms with Crippen molar-refractivity contribution in [2.45, 2.75) is 150 Å². The molecule has 0 radical (unpaired) electrons. The molecule has 4 aromatic rings. The Kier molecular flexibility index (Phi) is 29.3. The third-order valence-corrected chi connectivity index (χ3v) is 17.7. The van der Waals surface area contributed by atoms with Gasteiger partial charge in [-0.1, -0.05) is 60.2 Å². The summed E-state index contributed by atoms with van der Waals surface area (Å²) in [6.07, 6.45) is 6.58. The van der Waals surface area contributed by atoms with E-state index in [1.807, 2.05) is 47.6 Å². The molecule has 0 aliphatic carbocycles. The topological polar surface area (TPSA) is 462 Å². The Morgan fingerprint density at radius 3 is 2.11 bits per heavy atom. The van der Waals surface area contributed by atoms with Crippen LogP contribution in [0.2, 0.25) is 0 Å². The van der Waals surface area contributed by atoms with Crippen LogP contribution >= 0.6 is 11.8 Å². The van der Waals surface area contributed by atoms with Crippen LogP contribution in [0, 0.1) is 5.41 Å². The molecule has 518 valence electrons. The second kappa shape index (κ2) is 37.8. The van der Waals surface area contributed by atoms with Crippen molar-refractivity contribution in [1.29, 1.82) is 5.41 Å². The number of aryl methyl sites for hydroxylation is 2. The number of thioether (sulfide) groups is 1. The van der Waals surface area contributed by atoms with Gasteiger partial charge in [0.1, 0.15) is 48.9 Å². The minimum absolute atomic E-state index is 0.00562. The summed E-state index contributed by atoms with van der Waals surface area (Å²) in [5.74, 6) is -6.29.